The molecule has 0 aliphatic carbocycles. The van der Waals surface area contributed by atoms with Crippen molar-refractivity contribution in [2.45, 2.75) is 6.42 Å². The van der Waals surface area contributed by atoms with Crippen molar-refractivity contribution in [2.24, 2.45) is 0 Å². The van der Waals surface area contributed by atoms with Crippen LogP contribution < -0.4 is 15.8 Å². The number of halogens is 2. The summed E-state index contributed by atoms with van der Waals surface area (Å²) in [6, 6.07) is 11.1. The fraction of sp³-hybridized carbons (Fsp3) is 0.133. The Morgan fingerprint density at radius 2 is 2.05 bits per heavy atom. The molecule has 0 saturated carbocycles. The zero-order valence-corrected chi connectivity index (χ0v) is 12.7. The highest BCUT2D eigenvalue weighted by Crippen LogP contribution is 2.25. The van der Waals surface area contributed by atoms with Crippen LogP contribution >= 0.6 is 15.9 Å². The average molecular weight is 353 g/mol. The van der Waals surface area contributed by atoms with Crippen LogP contribution in [0.25, 0.3) is 0 Å². The van der Waals surface area contributed by atoms with Crippen LogP contribution in [0.3, 0.4) is 0 Å². The van der Waals surface area contributed by atoms with Crippen LogP contribution in [-0.2, 0) is 4.79 Å². The average Bonchev–Trinajstić information content (AvgIpc) is 2.45. The second-order valence-corrected chi connectivity index (χ2v) is 5.16. The van der Waals surface area contributed by atoms with Gasteiger partial charge in [0.2, 0.25) is 5.91 Å². The molecule has 0 bridgehead atoms. The number of para-hydroxylation sites is 2. The summed E-state index contributed by atoms with van der Waals surface area (Å²) >= 11 is 3.25. The zero-order valence-electron chi connectivity index (χ0n) is 11.1. The molecule has 2 aromatic carbocycles. The van der Waals surface area contributed by atoms with Gasteiger partial charge in [0.25, 0.3) is 0 Å². The maximum Gasteiger partial charge on any atom is 0.227 e. The van der Waals surface area contributed by atoms with E-state index >= 15 is 0 Å². The van der Waals surface area contributed by atoms with Crippen LogP contribution in [0.5, 0.6) is 5.75 Å². The quantitative estimate of drug-likeness (QED) is 0.808. The van der Waals surface area contributed by atoms with Crippen molar-refractivity contribution in [3.8, 4) is 5.75 Å². The fourth-order valence-corrected chi connectivity index (χ4v) is 2.03. The van der Waals surface area contributed by atoms with Crippen molar-refractivity contribution < 1.29 is 13.9 Å². The largest absolute Gasteiger partial charge is 0.492 e. The molecule has 0 heterocycles. The molecule has 0 spiro atoms. The number of rotatable bonds is 5. The van der Waals surface area contributed by atoms with E-state index in [4.69, 9.17) is 10.5 Å². The Labute approximate surface area is 130 Å². The molecule has 0 aliphatic rings. The number of nitrogens with one attached hydrogen (secondary N) is 1. The Bertz CT molecular complexity index is 649. The summed E-state index contributed by atoms with van der Waals surface area (Å²) in [4.78, 5) is 11.8. The minimum atomic E-state index is -0.394. The normalized spacial score (nSPS) is 10.2. The van der Waals surface area contributed by atoms with Gasteiger partial charge in [0.05, 0.1) is 28.9 Å². The standard InChI is InChI=1S/C15H14BrFN2O2/c16-11-6-5-10(17)9-14(11)21-8-7-15(20)19-13-4-2-1-3-12(13)18/h1-6,9H,7-8,18H2,(H,19,20). The number of anilines is 2. The molecule has 21 heavy (non-hydrogen) atoms. The van der Waals surface area contributed by atoms with Gasteiger partial charge in [0.1, 0.15) is 11.6 Å². The number of hydrogen-bond donors (Lipinski definition) is 2. The Kier molecular flexibility index (Phi) is 5.16. The van der Waals surface area contributed by atoms with Gasteiger partial charge in [-0.05, 0) is 40.2 Å². The first kappa shape index (κ1) is 15.3. The first-order chi connectivity index (χ1) is 10.1. The number of hydrogen-bond acceptors (Lipinski definition) is 3. The zero-order chi connectivity index (χ0) is 15.2. The lowest BCUT2D eigenvalue weighted by Crippen LogP contribution is -2.16. The van der Waals surface area contributed by atoms with E-state index in [2.05, 4.69) is 21.2 Å². The summed E-state index contributed by atoms with van der Waals surface area (Å²) in [5, 5.41) is 2.69. The molecule has 0 saturated heterocycles. The van der Waals surface area contributed by atoms with E-state index in [1.807, 2.05) is 0 Å². The van der Waals surface area contributed by atoms with Gasteiger partial charge in [-0.15, -0.1) is 0 Å². The number of nitrogens with two attached hydrogens (primary N) is 1. The van der Waals surface area contributed by atoms with Crippen molar-refractivity contribution in [3.05, 3.63) is 52.8 Å². The number of carbonyl (C=O) groups excluding carboxylic acids is 1. The van der Waals surface area contributed by atoms with Gasteiger partial charge in [0, 0.05) is 6.07 Å². The van der Waals surface area contributed by atoms with Crippen LogP contribution in [0.4, 0.5) is 15.8 Å². The number of carbonyl (C=O) groups is 1. The molecule has 0 atom stereocenters. The minimum Gasteiger partial charge on any atom is -0.492 e. The Hall–Kier alpha value is -2.08. The highest BCUT2D eigenvalue weighted by Gasteiger charge is 2.07. The third-order valence-corrected chi connectivity index (χ3v) is 3.37. The first-order valence-corrected chi connectivity index (χ1v) is 7.08. The lowest BCUT2D eigenvalue weighted by atomic mass is 10.2. The van der Waals surface area contributed by atoms with Crippen molar-refractivity contribution >= 4 is 33.2 Å². The molecule has 4 nitrogen and oxygen atoms in total. The Morgan fingerprint density at radius 3 is 2.81 bits per heavy atom. The summed E-state index contributed by atoms with van der Waals surface area (Å²) in [6.07, 6.45) is 0.136. The summed E-state index contributed by atoms with van der Waals surface area (Å²) < 4.78 is 19.1. The summed E-state index contributed by atoms with van der Waals surface area (Å²) in [7, 11) is 0. The van der Waals surface area contributed by atoms with E-state index in [0.29, 0.717) is 21.6 Å². The van der Waals surface area contributed by atoms with Crippen molar-refractivity contribution in [1.82, 2.24) is 0 Å². The van der Waals surface area contributed by atoms with Gasteiger partial charge in [-0.1, -0.05) is 12.1 Å². The summed E-state index contributed by atoms with van der Waals surface area (Å²) in [5.41, 5.74) is 6.80. The molecular formula is C15H14BrFN2O2. The lowest BCUT2D eigenvalue weighted by Gasteiger charge is -2.10. The van der Waals surface area contributed by atoms with E-state index in [9.17, 15) is 9.18 Å². The number of benzene rings is 2. The van der Waals surface area contributed by atoms with E-state index in [1.54, 1.807) is 30.3 Å². The highest BCUT2D eigenvalue weighted by atomic mass is 79.9. The lowest BCUT2D eigenvalue weighted by molar-refractivity contribution is -0.116. The number of amides is 1. The molecule has 2 aromatic rings. The third-order valence-electron chi connectivity index (χ3n) is 2.71. The molecule has 0 unspecified atom stereocenters. The summed E-state index contributed by atoms with van der Waals surface area (Å²) in [6.45, 7) is 0.140. The second-order valence-electron chi connectivity index (χ2n) is 4.31. The predicted octanol–water partition coefficient (Wildman–Crippen LogP) is 3.58. The molecule has 110 valence electrons. The molecule has 0 aliphatic heterocycles. The fourth-order valence-electron chi connectivity index (χ4n) is 1.67. The topological polar surface area (TPSA) is 64.3 Å². The van der Waals surface area contributed by atoms with Gasteiger partial charge in [-0.2, -0.15) is 0 Å². The SMILES string of the molecule is Nc1ccccc1NC(=O)CCOc1cc(F)ccc1Br. The third kappa shape index (κ3) is 4.46. The maximum atomic E-state index is 13.1. The second kappa shape index (κ2) is 7.08. The van der Waals surface area contributed by atoms with E-state index in [1.165, 1.54) is 12.1 Å². The van der Waals surface area contributed by atoms with Crippen LogP contribution in [0.2, 0.25) is 0 Å². The van der Waals surface area contributed by atoms with E-state index in [-0.39, 0.29) is 18.9 Å². The molecular weight excluding hydrogens is 339 g/mol. The van der Waals surface area contributed by atoms with Gasteiger partial charge in [0.15, 0.2) is 0 Å². The van der Waals surface area contributed by atoms with Crippen molar-refractivity contribution in [2.75, 3.05) is 17.7 Å². The van der Waals surface area contributed by atoms with Crippen LogP contribution in [0.1, 0.15) is 6.42 Å². The Balaban J connectivity index is 1.85. The first-order valence-electron chi connectivity index (χ1n) is 6.28. The highest BCUT2D eigenvalue weighted by molar-refractivity contribution is 9.10. The van der Waals surface area contributed by atoms with Crippen LogP contribution in [-0.4, -0.2) is 12.5 Å². The molecule has 2 rings (SSSR count). The maximum absolute atomic E-state index is 13.1. The minimum absolute atomic E-state index is 0.136. The predicted molar refractivity (Wildman–Crippen MR) is 83.7 cm³/mol. The van der Waals surface area contributed by atoms with Gasteiger partial charge in [-0.25, -0.2) is 4.39 Å². The number of ether oxygens (including phenoxy) is 1. The van der Waals surface area contributed by atoms with E-state index < -0.39 is 5.82 Å². The van der Waals surface area contributed by atoms with Crippen LogP contribution in [0.15, 0.2) is 46.9 Å². The molecule has 3 N–H and O–H groups in total. The number of nitrogen functional groups attached to an aromatic ring is 1. The molecule has 1 amide bonds. The van der Waals surface area contributed by atoms with Crippen molar-refractivity contribution in [1.29, 1.82) is 0 Å². The Morgan fingerprint density at radius 1 is 1.29 bits per heavy atom. The molecule has 0 aromatic heterocycles. The molecule has 0 fully saturated rings. The van der Waals surface area contributed by atoms with Crippen molar-refractivity contribution in [3.63, 3.8) is 0 Å². The van der Waals surface area contributed by atoms with Gasteiger partial charge >= 0.3 is 0 Å². The van der Waals surface area contributed by atoms with Crippen LogP contribution in [0, 0.1) is 5.82 Å². The molecule has 6 heteroatoms. The monoisotopic (exact) mass is 352 g/mol. The van der Waals surface area contributed by atoms with Gasteiger partial charge in [-0.3, -0.25) is 4.79 Å². The van der Waals surface area contributed by atoms with Gasteiger partial charge < -0.3 is 15.8 Å². The summed E-state index contributed by atoms with van der Waals surface area (Å²) in [5.74, 6) is -0.253. The molecule has 0 radical (unpaired) electrons. The van der Waals surface area contributed by atoms with E-state index in [0.717, 1.165) is 0 Å². The smallest absolute Gasteiger partial charge is 0.227 e.